The molecule has 0 aliphatic heterocycles. The molecule has 0 unspecified atom stereocenters. The largest absolute Gasteiger partial charge is 0.349 e. The van der Waals surface area contributed by atoms with Gasteiger partial charge in [-0.25, -0.2) is 13.9 Å². The molecule has 1 saturated carbocycles. The van der Waals surface area contributed by atoms with Gasteiger partial charge in [0.15, 0.2) is 5.65 Å². The van der Waals surface area contributed by atoms with Crippen LogP contribution in [0.4, 0.5) is 10.1 Å². The van der Waals surface area contributed by atoms with Crippen LogP contribution in [-0.4, -0.2) is 32.5 Å². The molecule has 29 heavy (non-hydrogen) atoms. The average molecular weight is 416 g/mol. The van der Waals surface area contributed by atoms with Crippen molar-refractivity contribution in [3.63, 3.8) is 0 Å². The van der Waals surface area contributed by atoms with Crippen molar-refractivity contribution in [1.29, 1.82) is 0 Å². The Morgan fingerprint density at radius 3 is 2.76 bits per heavy atom. The second kappa shape index (κ2) is 8.16. The summed E-state index contributed by atoms with van der Waals surface area (Å²) in [6, 6.07) is 5.60. The van der Waals surface area contributed by atoms with Gasteiger partial charge in [0.05, 0.1) is 16.9 Å². The highest BCUT2D eigenvalue weighted by atomic mass is 35.5. The van der Waals surface area contributed by atoms with E-state index in [0.29, 0.717) is 42.6 Å². The minimum absolute atomic E-state index is 0.0142. The fraction of sp³-hybridized carbons (Fsp3) is 0.300. The SMILES string of the molecule is O=C(NC1CCC(C(=O)Nc2ccc(F)cc2Cl)CC1)c1cnn2cccnc12. The molecule has 7 nitrogen and oxygen atoms in total. The van der Waals surface area contributed by atoms with E-state index in [1.54, 1.807) is 23.0 Å². The highest BCUT2D eigenvalue weighted by Gasteiger charge is 2.28. The Balaban J connectivity index is 1.32. The van der Waals surface area contributed by atoms with Crippen LogP contribution in [0.2, 0.25) is 5.02 Å². The summed E-state index contributed by atoms with van der Waals surface area (Å²) in [6.45, 7) is 0. The van der Waals surface area contributed by atoms with Crippen molar-refractivity contribution in [3.05, 3.63) is 59.3 Å². The number of nitrogens with one attached hydrogen (secondary N) is 2. The fourth-order valence-corrected chi connectivity index (χ4v) is 3.79. The lowest BCUT2D eigenvalue weighted by molar-refractivity contribution is -0.120. The molecule has 0 radical (unpaired) electrons. The first-order valence-electron chi connectivity index (χ1n) is 9.36. The molecule has 0 bridgehead atoms. The van der Waals surface area contributed by atoms with Crippen LogP contribution in [0.3, 0.4) is 0 Å². The average Bonchev–Trinajstić information content (AvgIpc) is 3.15. The summed E-state index contributed by atoms with van der Waals surface area (Å²) in [5.74, 6) is -0.992. The van der Waals surface area contributed by atoms with Gasteiger partial charge in [0.2, 0.25) is 5.91 Å². The van der Waals surface area contributed by atoms with Crippen LogP contribution in [0.15, 0.2) is 42.9 Å². The number of carbonyl (C=O) groups is 2. The zero-order valence-electron chi connectivity index (χ0n) is 15.4. The predicted octanol–water partition coefficient (Wildman–Crippen LogP) is 3.45. The van der Waals surface area contributed by atoms with E-state index >= 15 is 0 Å². The van der Waals surface area contributed by atoms with Crippen molar-refractivity contribution in [2.75, 3.05) is 5.32 Å². The number of hydrogen-bond donors (Lipinski definition) is 2. The van der Waals surface area contributed by atoms with Crippen molar-refractivity contribution in [2.45, 2.75) is 31.7 Å². The summed E-state index contributed by atoms with van der Waals surface area (Å²) >= 11 is 5.97. The molecule has 0 saturated heterocycles. The first-order chi connectivity index (χ1) is 14.0. The molecular weight excluding hydrogens is 397 g/mol. The lowest BCUT2D eigenvalue weighted by Gasteiger charge is -2.28. The summed E-state index contributed by atoms with van der Waals surface area (Å²) in [5, 5.41) is 10.1. The standard InChI is InChI=1S/C20H19ClFN5O2/c21-16-10-13(22)4-7-17(16)26-19(28)12-2-5-14(6-3-12)25-20(29)15-11-24-27-9-1-8-23-18(15)27/h1,4,7-12,14H,2-3,5-6H2,(H,25,29)(H,26,28). The number of nitrogens with zero attached hydrogens (tertiary/aromatic N) is 3. The number of carbonyl (C=O) groups excluding carboxylic acids is 2. The number of halogens is 2. The summed E-state index contributed by atoms with van der Waals surface area (Å²) in [6.07, 6.45) is 7.51. The number of benzene rings is 1. The molecule has 1 aliphatic rings. The lowest BCUT2D eigenvalue weighted by atomic mass is 9.85. The van der Waals surface area contributed by atoms with Gasteiger partial charge in [0, 0.05) is 24.4 Å². The molecule has 1 aromatic carbocycles. The van der Waals surface area contributed by atoms with Crippen molar-refractivity contribution in [1.82, 2.24) is 19.9 Å². The second-order valence-corrected chi connectivity index (χ2v) is 7.49. The minimum Gasteiger partial charge on any atom is -0.349 e. The van der Waals surface area contributed by atoms with Crippen molar-refractivity contribution >= 4 is 34.7 Å². The maximum absolute atomic E-state index is 13.1. The Morgan fingerprint density at radius 2 is 2.00 bits per heavy atom. The monoisotopic (exact) mass is 415 g/mol. The highest BCUT2D eigenvalue weighted by Crippen LogP contribution is 2.28. The Morgan fingerprint density at radius 1 is 1.21 bits per heavy atom. The van der Waals surface area contributed by atoms with E-state index in [-0.39, 0.29) is 28.8 Å². The third kappa shape index (κ3) is 4.22. The maximum atomic E-state index is 13.1. The number of aromatic nitrogens is 3. The van der Waals surface area contributed by atoms with Crippen LogP contribution >= 0.6 is 11.6 Å². The molecule has 0 atom stereocenters. The number of hydrogen-bond acceptors (Lipinski definition) is 4. The van der Waals surface area contributed by atoms with E-state index in [4.69, 9.17) is 11.6 Å². The summed E-state index contributed by atoms with van der Waals surface area (Å²) in [5.41, 5.74) is 1.33. The number of amides is 2. The zero-order chi connectivity index (χ0) is 20.4. The maximum Gasteiger partial charge on any atom is 0.256 e. The third-order valence-corrected chi connectivity index (χ3v) is 5.46. The van der Waals surface area contributed by atoms with E-state index in [1.165, 1.54) is 24.4 Å². The van der Waals surface area contributed by atoms with Gasteiger partial charge in [-0.1, -0.05) is 11.6 Å². The van der Waals surface area contributed by atoms with Crippen molar-refractivity contribution in [3.8, 4) is 0 Å². The Bertz CT molecular complexity index is 1060. The van der Waals surface area contributed by atoms with Crippen molar-refractivity contribution in [2.24, 2.45) is 5.92 Å². The van der Waals surface area contributed by atoms with E-state index in [2.05, 4.69) is 20.7 Å². The minimum atomic E-state index is -0.453. The van der Waals surface area contributed by atoms with E-state index < -0.39 is 5.82 Å². The van der Waals surface area contributed by atoms with E-state index in [1.807, 2.05) is 0 Å². The molecule has 1 fully saturated rings. The van der Waals surface area contributed by atoms with Gasteiger partial charge < -0.3 is 10.6 Å². The summed E-state index contributed by atoms with van der Waals surface area (Å²) < 4.78 is 14.7. The molecule has 2 N–H and O–H groups in total. The zero-order valence-corrected chi connectivity index (χ0v) is 16.2. The van der Waals surface area contributed by atoms with Crippen LogP contribution in [0.5, 0.6) is 0 Å². The van der Waals surface area contributed by atoms with Gasteiger partial charge in [-0.3, -0.25) is 9.59 Å². The van der Waals surface area contributed by atoms with Crippen LogP contribution in [0, 0.1) is 11.7 Å². The summed E-state index contributed by atoms with van der Waals surface area (Å²) in [7, 11) is 0. The van der Waals surface area contributed by atoms with E-state index in [0.717, 1.165) is 0 Å². The Kier molecular flexibility index (Phi) is 5.44. The quantitative estimate of drug-likeness (QED) is 0.683. The van der Waals surface area contributed by atoms with Crippen LogP contribution in [0.1, 0.15) is 36.0 Å². The molecule has 1 aliphatic carbocycles. The molecule has 150 valence electrons. The summed E-state index contributed by atoms with van der Waals surface area (Å²) in [4.78, 5) is 29.3. The lowest BCUT2D eigenvalue weighted by Crippen LogP contribution is -2.39. The van der Waals surface area contributed by atoms with Crippen LogP contribution < -0.4 is 10.6 Å². The smallest absolute Gasteiger partial charge is 0.256 e. The Labute approximate surface area is 171 Å². The first-order valence-corrected chi connectivity index (χ1v) is 9.74. The first kappa shape index (κ1) is 19.3. The van der Waals surface area contributed by atoms with Gasteiger partial charge in [-0.2, -0.15) is 5.10 Å². The molecular formula is C20H19ClFN5O2. The molecule has 3 aromatic rings. The van der Waals surface area contributed by atoms with Crippen molar-refractivity contribution < 1.29 is 14.0 Å². The topological polar surface area (TPSA) is 88.4 Å². The predicted molar refractivity (Wildman–Crippen MR) is 106 cm³/mol. The van der Waals surface area contributed by atoms with Crippen LogP contribution in [-0.2, 0) is 4.79 Å². The van der Waals surface area contributed by atoms with E-state index in [9.17, 15) is 14.0 Å². The van der Waals surface area contributed by atoms with Gasteiger partial charge >= 0.3 is 0 Å². The van der Waals surface area contributed by atoms with Crippen LogP contribution in [0.25, 0.3) is 5.65 Å². The number of anilines is 1. The Hall–Kier alpha value is -3.00. The molecule has 2 amide bonds. The van der Waals surface area contributed by atoms with Gasteiger partial charge in [-0.05, 0) is 49.9 Å². The van der Waals surface area contributed by atoms with Gasteiger partial charge in [0.1, 0.15) is 11.4 Å². The number of rotatable bonds is 4. The number of fused-ring (bicyclic) bond motifs is 1. The molecule has 0 spiro atoms. The molecule has 4 rings (SSSR count). The van der Waals surface area contributed by atoms with Gasteiger partial charge in [0.25, 0.3) is 5.91 Å². The second-order valence-electron chi connectivity index (χ2n) is 7.08. The molecule has 2 aromatic heterocycles. The normalized spacial score (nSPS) is 19.1. The fourth-order valence-electron chi connectivity index (χ4n) is 3.58. The molecule has 2 heterocycles. The third-order valence-electron chi connectivity index (χ3n) is 5.15. The van der Waals surface area contributed by atoms with Gasteiger partial charge in [-0.15, -0.1) is 0 Å². The molecule has 9 heteroatoms. The highest BCUT2D eigenvalue weighted by molar-refractivity contribution is 6.33.